The fraction of sp³-hybridized carbons (Fsp3) is 0.682. The average Bonchev–Trinajstić information content (AvgIpc) is 3.20. The number of pyridine rings is 1. The van der Waals surface area contributed by atoms with Crippen LogP contribution in [0.4, 0.5) is 4.79 Å². The monoisotopic (exact) mass is 384 g/mol. The van der Waals surface area contributed by atoms with E-state index in [0.29, 0.717) is 5.92 Å². The van der Waals surface area contributed by atoms with Gasteiger partial charge in [-0.3, -0.25) is 14.7 Å². The van der Waals surface area contributed by atoms with Gasteiger partial charge in [0, 0.05) is 12.7 Å². The van der Waals surface area contributed by atoms with E-state index in [9.17, 15) is 9.59 Å². The number of nitrogens with zero attached hydrogens (tertiary/aromatic N) is 2. The third-order valence-electron chi connectivity index (χ3n) is 7.56. The van der Waals surface area contributed by atoms with E-state index in [1.165, 1.54) is 7.11 Å². The molecule has 2 heterocycles. The Morgan fingerprint density at radius 3 is 2.64 bits per heavy atom. The summed E-state index contributed by atoms with van der Waals surface area (Å²) in [5.74, 6) is 1.07. The lowest BCUT2D eigenvalue weighted by atomic mass is 9.48. The first-order valence-electron chi connectivity index (χ1n) is 10.6. The van der Waals surface area contributed by atoms with Crippen molar-refractivity contribution in [3.05, 3.63) is 30.1 Å². The zero-order valence-corrected chi connectivity index (χ0v) is 16.4. The normalized spacial score (nSPS) is 38.5. The number of carbonyl (C=O) groups is 2. The summed E-state index contributed by atoms with van der Waals surface area (Å²) in [5.41, 5.74) is 0.602. The van der Waals surface area contributed by atoms with Gasteiger partial charge in [-0.25, -0.2) is 4.79 Å². The molecule has 5 fully saturated rings. The van der Waals surface area contributed by atoms with Crippen molar-refractivity contribution in [3.8, 4) is 0 Å². The molecule has 4 aliphatic carbocycles. The number of esters is 1. The molecule has 3 atom stereocenters. The highest BCUT2D eigenvalue weighted by Gasteiger charge is 2.60. The third-order valence-corrected chi connectivity index (χ3v) is 7.56. The summed E-state index contributed by atoms with van der Waals surface area (Å²) < 4.78 is 11.3. The minimum absolute atomic E-state index is 0.00643. The standard InChI is InChI=1S/C22H28N2O4/c1-27-20(25)22-11-14-9-15(12-22)19(16(10-14)13-22)28-21(26)24-8-4-6-18(24)17-5-2-3-7-23-17/h2-3,5,7,14-16,18-19H,4,6,8-13H2,1H3. The van der Waals surface area contributed by atoms with Gasteiger partial charge in [-0.05, 0) is 74.8 Å². The molecule has 0 spiro atoms. The first-order valence-corrected chi connectivity index (χ1v) is 10.6. The van der Waals surface area contributed by atoms with E-state index < -0.39 is 0 Å². The minimum atomic E-state index is -0.335. The molecule has 6 nitrogen and oxygen atoms in total. The number of carbonyl (C=O) groups excluding carboxylic acids is 2. The van der Waals surface area contributed by atoms with E-state index in [4.69, 9.17) is 9.47 Å². The van der Waals surface area contributed by atoms with Gasteiger partial charge in [0.15, 0.2) is 0 Å². The van der Waals surface area contributed by atoms with Crippen molar-refractivity contribution >= 4 is 12.1 Å². The molecular formula is C22H28N2O4. The van der Waals surface area contributed by atoms with E-state index in [0.717, 1.165) is 57.2 Å². The quantitative estimate of drug-likeness (QED) is 0.743. The summed E-state index contributed by atoms with van der Waals surface area (Å²) >= 11 is 0. The SMILES string of the molecule is COC(=O)C12CC3CC(C1)C(OC(=O)N1CCCC1c1ccccn1)C(C3)C2. The summed E-state index contributed by atoms with van der Waals surface area (Å²) in [6, 6.07) is 5.85. The second kappa shape index (κ2) is 6.75. The van der Waals surface area contributed by atoms with Gasteiger partial charge in [0.1, 0.15) is 6.10 Å². The Balaban J connectivity index is 1.31. The molecule has 4 bridgehead atoms. The van der Waals surface area contributed by atoms with Gasteiger partial charge in [0.25, 0.3) is 0 Å². The predicted molar refractivity (Wildman–Crippen MR) is 101 cm³/mol. The molecule has 150 valence electrons. The lowest BCUT2D eigenvalue weighted by Gasteiger charge is -2.57. The highest BCUT2D eigenvalue weighted by atomic mass is 16.6. The van der Waals surface area contributed by atoms with Crippen LogP contribution in [0.25, 0.3) is 0 Å². The van der Waals surface area contributed by atoms with Gasteiger partial charge in [-0.2, -0.15) is 0 Å². The van der Waals surface area contributed by atoms with Crippen LogP contribution in [0.15, 0.2) is 24.4 Å². The topological polar surface area (TPSA) is 68.7 Å². The molecule has 0 radical (unpaired) electrons. The van der Waals surface area contributed by atoms with Crippen LogP contribution < -0.4 is 0 Å². The zero-order valence-electron chi connectivity index (χ0n) is 16.4. The van der Waals surface area contributed by atoms with E-state index in [2.05, 4.69) is 4.98 Å². The number of aromatic nitrogens is 1. The van der Waals surface area contributed by atoms with Crippen LogP contribution in [-0.4, -0.2) is 41.7 Å². The Hall–Kier alpha value is -2.11. The van der Waals surface area contributed by atoms with Gasteiger partial charge < -0.3 is 9.47 Å². The predicted octanol–water partition coefficient (Wildman–Crippen LogP) is 3.72. The highest BCUT2D eigenvalue weighted by molar-refractivity contribution is 5.77. The Morgan fingerprint density at radius 2 is 1.96 bits per heavy atom. The van der Waals surface area contributed by atoms with Gasteiger partial charge in [0.2, 0.25) is 0 Å². The Morgan fingerprint density at radius 1 is 1.18 bits per heavy atom. The Labute approximate surface area is 165 Å². The van der Waals surface area contributed by atoms with Gasteiger partial charge in [-0.1, -0.05) is 6.07 Å². The van der Waals surface area contributed by atoms with Crippen molar-refractivity contribution in [1.82, 2.24) is 9.88 Å². The lowest BCUT2D eigenvalue weighted by Crippen LogP contribution is -2.58. The number of ether oxygens (including phenoxy) is 2. The van der Waals surface area contributed by atoms with Crippen molar-refractivity contribution < 1.29 is 19.1 Å². The van der Waals surface area contributed by atoms with Crippen LogP contribution in [-0.2, 0) is 14.3 Å². The largest absolute Gasteiger partial charge is 0.469 e. The smallest absolute Gasteiger partial charge is 0.410 e. The summed E-state index contributed by atoms with van der Waals surface area (Å²) in [6.07, 6.45) is 8.08. The number of amides is 1. The van der Waals surface area contributed by atoms with E-state index in [1.54, 1.807) is 6.20 Å². The van der Waals surface area contributed by atoms with E-state index in [-0.39, 0.29) is 41.5 Å². The van der Waals surface area contributed by atoms with Crippen LogP contribution >= 0.6 is 0 Å². The maximum Gasteiger partial charge on any atom is 0.410 e. The Kier molecular flexibility index (Phi) is 4.33. The number of likely N-dealkylation sites (tertiary alicyclic amines) is 1. The summed E-state index contributed by atoms with van der Waals surface area (Å²) in [5, 5.41) is 0. The summed E-state index contributed by atoms with van der Waals surface area (Å²) in [4.78, 5) is 31.8. The first-order chi connectivity index (χ1) is 13.6. The molecule has 1 aromatic heterocycles. The molecule has 5 aliphatic rings. The number of methoxy groups -OCH3 is 1. The number of rotatable bonds is 3. The number of hydrogen-bond donors (Lipinski definition) is 0. The van der Waals surface area contributed by atoms with Crippen LogP contribution in [0.5, 0.6) is 0 Å². The molecule has 0 N–H and O–H groups in total. The molecule has 28 heavy (non-hydrogen) atoms. The third kappa shape index (κ3) is 2.80. The van der Waals surface area contributed by atoms with E-state index >= 15 is 0 Å². The van der Waals surface area contributed by atoms with Crippen LogP contribution in [0.3, 0.4) is 0 Å². The van der Waals surface area contributed by atoms with Gasteiger partial charge in [0.05, 0.1) is 24.3 Å². The first kappa shape index (κ1) is 18.0. The molecule has 1 amide bonds. The summed E-state index contributed by atoms with van der Waals surface area (Å²) in [7, 11) is 1.49. The van der Waals surface area contributed by atoms with Crippen molar-refractivity contribution in [2.45, 2.75) is 57.1 Å². The molecule has 6 rings (SSSR count). The molecule has 6 heteroatoms. The van der Waals surface area contributed by atoms with Crippen molar-refractivity contribution in [2.24, 2.45) is 23.2 Å². The van der Waals surface area contributed by atoms with Crippen LogP contribution in [0.1, 0.15) is 56.7 Å². The van der Waals surface area contributed by atoms with Crippen LogP contribution in [0.2, 0.25) is 0 Å². The molecule has 3 unspecified atom stereocenters. The van der Waals surface area contributed by atoms with Crippen molar-refractivity contribution in [2.75, 3.05) is 13.7 Å². The second-order valence-electron chi connectivity index (χ2n) is 9.20. The minimum Gasteiger partial charge on any atom is -0.469 e. The fourth-order valence-electron chi connectivity index (χ4n) is 6.69. The van der Waals surface area contributed by atoms with Crippen molar-refractivity contribution in [1.29, 1.82) is 0 Å². The van der Waals surface area contributed by atoms with E-state index in [1.807, 2.05) is 23.1 Å². The number of hydrogen-bond acceptors (Lipinski definition) is 5. The molecular weight excluding hydrogens is 356 g/mol. The van der Waals surface area contributed by atoms with Crippen LogP contribution in [0, 0.1) is 23.2 Å². The summed E-state index contributed by atoms with van der Waals surface area (Å²) in [6.45, 7) is 0.719. The molecule has 1 aromatic rings. The second-order valence-corrected chi connectivity index (χ2v) is 9.20. The lowest BCUT2D eigenvalue weighted by molar-refractivity contribution is -0.182. The molecule has 4 saturated carbocycles. The molecule has 1 saturated heterocycles. The molecule has 1 aliphatic heterocycles. The average molecular weight is 384 g/mol. The highest BCUT2D eigenvalue weighted by Crippen LogP contribution is 2.61. The molecule has 0 aromatic carbocycles. The zero-order chi connectivity index (χ0) is 19.3. The van der Waals surface area contributed by atoms with Crippen molar-refractivity contribution in [3.63, 3.8) is 0 Å². The fourth-order valence-corrected chi connectivity index (χ4v) is 6.69. The maximum atomic E-state index is 13.1. The van der Waals surface area contributed by atoms with Gasteiger partial charge in [-0.15, -0.1) is 0 Å². The Bertz CT molecular complexity index is 751. The van der Waals surface area contributed by atoms with Gasteiger partial charge >= 0.3 is 12.1 Å². The maximum absolute atomic E-state index is 13.1.